The first-order valence-corrected chi connectivity index (χ1v) is 10.9. The van der Waals surface area contributed by atoms with Gasteiger partial charge < -0.3 is 14.2 Å². The molecule has 0 spiro atoms. The van der Waals surface area contributed by atoms with Gasteiger partial charge in [0.1, 0.15) is 5.75 Å². The largest absolute Gasteiger partial charge is 0.497 e. The van der Waals surface area contributed by atoms with Crippen LogP contribution < -0.4 is 14.2 Å². The summed E-state index contributed by atoms with van der Waals surface area (Å²) in [7, 11) is 1.67. The lowest BCUT2D eigenvalue weighted by molar-refractivity contribution is 0.174. The molecule has 1 aliphatic heterocycles. The Morgan fingerprint density at radius 3 is 2.48 bits per heavy atom. The minimum Gasteiger partial charge on any atom is -0.497 e. The summed E-state index contributed by atoms with van der Waals surface area (Å²) in [6.45, 7) is 0.905. The highest BCUT2D eigenvalue weighted by Crippen LogP contribution is 2.34. The summed E-state index contributed by atoms with van der Waals surface area (Å²) in [5, 5.41) is 9.88. The molecule has 1 aromatic heterocycles. The van der Waals surface area contributed by atoms with Crippen LogP contribution in [0.2, 0.25) is 0 Å². The molecule has 0 saturated heterocycles. The van der Waals surface area contributed by atoms with Crippen molar-refractivity contribution in [2.24, 2.45) is 0 Å². The second-order valence-corrected chi connectivity index (χ2v) is 8.03. The first kappa shape index (κ1) is 19.5. The molecule has 0 atom stereocenters. The van der Waals surface area contributed by atoms with Crippen LogP contribution in [0.5, 0.6) is 17.2 Å². The molecule has 6 nitrogen and oxygen atoms in total. The summed E-state index contributed by atoms with van der Waals surface area (Å²) in [4.78, 5) is 0. The molecule has 7 heteroatoms. The third-order valence-electron chi connectivity index (χ3n) is 5.05. The van der Waals surface area contributed by atoms with Gasteiger partial charge in [-0.3, -0.25) is 4.57 Å². The van der Waals surface area contributed by atoms with Crippen LogP contribution in [-0.2, 0) is 12.3 Å². The summed E-state index contributed by atoms with van der Waals surface area (Å²) in [6.07, 6.45) is 0. The number of thioether (sulfide) groups is 1. The number of hydrogen-bond acceptors (Lipinski definition) is 6. The van der Waals surface area contributed by atoms with Crippen molar-refractivity contribution in [3.8, 4) is 28.6 Å². The number of ether oxygens (including phenoxy) is 3. The third-order valence-corrected chi connectivity index (χ3v) is 6.09. The van der Waals surface area contributed by atoms with E-state index in [0.29, 0.717) is 6.54 Å². The van der Waals surface area contributed by atoms with Crippen LogP contribution in [0.1, 0.15) is 11.1 Å². The molecular weight excluding hydrogens is 410 g/mol. The van der Waals surface area contributed by atoms with Crippen molar-refractivity contribution >= 4 is 11.8 Å². The first-order chi connectivity index (χ1) is 15.3. The Balaban J connectivity index is 1.44. The maximum atomic E-state index is 5.55. The van der Waals surface area contributed by atoms with Crippen LogP contribution in [0.3, 0.4) is 0 Å². The molecule has 1 aliphatic rings. The van der Waals surface area contributed by atoms with Crippen molar-refractivity contribution in [3.63, 3.8) is 0 Å². The number of methoxy groups -OCH3 is 1. The van der Waals surface area contributed by atoms with Gasteiger partial charge in [-0.2, -0.15) is 0 Å². The average Bonchev–Trinajstić information content (AvgIpc) is 3.45. The predicted octanol–water partition coefficient (Wildman–Crippen LogP) is 5.02. The Hall–Kier alpha value is -3.45. The normalized spacial score (nSPS) is 12.2. The van der Waals surface area contributed by atoms with E-state index in [1.165, 1.54) is 5.56 Å². The van der Waals surface area contributed by atoms with Gasteiger partial charge in [0.15, 0.2) is 22.5 Å². The maximum absolute atomic E-state index is 5.55. The van der Waals surface area contributed by atoms with E-state index in [0.717, 1.165) is 45.1 Å². The van der Waals surface area contributed by atoms with Crippen molar-refractivity contribution in [2.75, 3.05) is 13.9 Å². The summed E-state index contributed by atoms with van der Waals surface area (Å²) in [5.74, 6) is 4.05. The van der Waals surface area contributed by atoms with Crippen molar-refractivity contribution in [3.05, 3.63) is 83.9 Å². The predicted molar refractivity (Wildman–Crippen MR) is 120 cm³/mol. The van der Waals surface area contributed by atoms with E-state index >= 15 is 0 Å². The number of fused-ring (bicyclic) bond motifs is 1. The summed E-state index contributed by atoms with van der Waals surface area (Å²) in [5.41, 5.74) is 3.34. The molecule has 2 heterocycles. The molecule has 0 amide bonds. The maximum Gasteiger partial charge on any atom is 0.231 e. The quantitative estimate of drug-likeness (QED) is 0.383. The zero-order chi connectivity index (χ0) is 21.0. The highest BCUT2D eigenvalue weighted by atomic mass is 32.2. The Bertz CT molecular complexity index is 1180. The lowest BCUT2D eigenvalue weighted by atomic mass is 10.2. The number of aromatic nitrogens is 3. The molecule has 0 unspecified atom stereocenters. The first-order valence-electron chi connectivity index (χ1n) is 9.93. The molecule has 3 aromatic carbocycles. The van der Waals surface area contributed by atoms with Crippen molar-refractivity contribution < 1.29 is 14.2 Å². The third kappa shape index (κ3) is 4.22. The molecule has 0 fully saturated rings. The Morgan fingerprint density at radius 1 is 0.903 bits per heavy atom. The number of nitrogens with zero attached hydrogens (tertiary/aromatic N) is 3. The van der Waals surface area contributed by atoms with Gasteiger partial charge in [-0.05, 0) is 35.4 Å². The average molecular weight is 432 g/mol. The van der Waals surface area contributed by atoms with Gasteiger partial charge in [0, 0.05) is 11.3 Å². The van der Waals surface area contributed by atoms with Crippen LogP contribution in [-0.4, -0.2) is 28.7 Å². The molecule has 0 radical (unpaired) electrons. The van der Waals surface area contributed by atoms with Gasteiger partial charge in [-0.15, -0.1) is 10.2 Å². The number of rotatable bonds is 7. The lowest BCUT2D eigenvalue weighted by Crippen LogP contribution is -2.04. The van der Waals surface area contributed by atoms with E-state index in [9.17, 15) is 0 Å². The highest BCUT2D eigenvalue weighted by molar-refractivity contribution is 7.98. The molecule has 0 bridgehead atoms. The lowest BCUT2D eigenvalue weighted by Gasteiger charge is -2.11. The van der Waals surface area contributed by atoms with Crippen molar-refractivity contribution in [1.82, 2.24) is 14.8 Å². The van der Waals surface area contributed by atoms with Gasteiger partial charge in [0.25, 0.3) is 0 Å². The minimum atomic E-state index is 0.268. The van der Waals surface area contributed by atoms with E-state index in [2.05, 4.69) is 45.1 Å². The molecule has 31 heavy (non-hydrogen) atoms. The van der Waals surface area contributed by atoms with Gasteiger partial charge in [-0.1, -0.05) is 60.3 Å². The SMILES string of the molecule is COc1ccc(CSc2nnc(-c3ccccc3)n2Cc2ccc3c(c2)OCO3)cc1. The number of hydrogen-bond donors (Lipinski definition) is 0. The van der Waals surface area contributed by atoms with Crippen LogP contribution in [0, 0.1) is 0 Å². The van der Waals surface area contributed by atoms with Gasteiger partial charge in [-0.25, -0.2) is 0 Å². The second kappa shape index (κ2) is 8.73. The van der Waals surface area contributed by atoms with Crippen LogP contribution >= 0.6 is 11.8 Å². The minimum absolute atomic E-state index is 0.268. The van der Waals surface area contributed by atoms with E-state index < -0.39 is 0 Å². The Morgan fingerprint density at radius 2 is 1.68 bits per heavy atom. The van der Waals surface area contributed by atoms with Crippen LogP contribution in [0.25, 0.3) is 11.4 Å². The second-order valence-electron chi connectivity index (χ2n) is 7.08. The van der Waals surface area contributed by atoms with E-state index in [-0.39, 0.29) is 6.79 Å². The van der Waals surface area contributed by atoms with Crippen molar-refractivity contribution in [1.29, 1.82) is 0 Å². The topological polar surface area (TPSA) is 58.4 Å². The monoisotopic (exact) mass is 431 g/mol. The summed E-state index contributed by atoms with van der Waals surface area (Å²) < 4.78 is 18.4. The van der Waals surface area contributed by atoms with Crippen LogP contribution in [0.15, 0.2) is 78.0 Å². The molecule has 5 rings (SSSR count). The fourth-order valence-electron chi connectivity index (χ4n) is 3.43. The highest BCUT2D eigenvalue weighted by Gasteiger charge is 2.18. The summed E-state index contributed by atoms with van der Waals surface area (Å²) in [6, 6.07) is 24.3. The molecule has 156 valence electrons. The molecule has 0 aliphatic carbocycles. The standard InChI is InChI=1S/C24H21N3O3S/c1-28-20-10-7-17(8-11-20)15-31-24-26-25-23(19-5-3-2-4-6-19)27(24)14-18-9-12-21-22(13-18)30-16-29-21/h2-13H,14-16H2,1H3. The van der Waals surface area contributed by atoms with E-state index in [1.54, 1.807) is 18.9 Å². The van der Waals surface area contributed by atoms with E-state index in [1.807, 2.05) is 42.5 Å². The molecule has 4 aromatic rings. The Labute approximate surface area is 184 Å². The number of benzene rings is 3. The van der Waals surface area contributed by atoms with E-state index in [4.69, 9.17) is 14.2 Å². The summed E-state index contributed by atoms with van der Waals surface area (Å²) >= 11 is 1.67. The van der Waals surface area contributed by atoms with Gasteiger partial charge >= 0.3 is 0 Å². The fraction of sp³-hybridized carbons (Fsp3) is 0.167. The van der Waals surface area contributed by atoms with Gasteiger partial charge in [0.2, 0.25) is 6.79 Å². The smallest absolute Gasteiger partial charge is 0.231 e. The van der Waals surface area contributed by atoms with Crippen LogP contribution in [0.4, 0.5) is 0 Å². The zero-order valence-electron chi connectivity index (χ0n) is 17.0. The zero-order valence-corrected chi connectivity index (χ0v) is 17.8. The molecular formula is C24H21N3O3S. The fourth-order valence-corrected chi connectivity index (χ4v) is 4.32. The Kier molecular flexibility index (Phi) is 5.50. The van der Waals surface area contributed by atoms with Crippen molar-refractivity contribution in [2.45, 2.75) is 17.5 Å². The van der Waals surface area contributed by atoms with Gasteiger partial charge in [0.05, 0.1) is 13.7 Å². The molecule has 0 saturated carbocycles. The molecule has 0 N–H and O–H groups in total.